The second-order valence-corrected chi connectivity index (χ2v) is 7.19. The molecule has 0 radical (unpaired) electrons. The molecule has 0 spiro atoms. The zero-order valence-corrected chi connectivity index (χ0v) is 15.2. The predicted octanol–water partition coefficient (Wildman–Crippen LogP) is 3.89. The molecule has 0 atom stereocenters. The molecule has 0 saturated carbocycles. The summed E-state index contributed by atoms with van der Waals surface area (Å²) in [6, 6.07) is 14.1. The van der Waals surface area contributed by atoms with Crippen LogP contribution in [0.25, 0.3) is 6.08 Å². The zero-order valence-electron chi connectivity index (χ0n) is 14.5. The van der Waals surface area contributed by atoms with Gasteiger partial charge in [-0.3, -0.25) is 9.59 Å². The van der Waals surface area contributed by atoms with Crippen molar-refractivity contribution in [3.63, 3.8) is 0 Å². The summed E-state index contributed by atoms with van der Waals surface area (Å²) in [5.41, 5.74) is 7.68. The van der Waals surface area contributed by atoms with E-state index in [0.717, 1.165) is 5.56 Å². The van der Waals surface area contributed by atoms with E-state index in [1.165, 1.54) is 6.08 Å². The maximum absolute atomic E-state index is 12.4. The molecule has 0 fully saturated rings. The average molecular weight is 357 g/mol. The molecule has 0 heterocycles. The Balaban J connectivity index is 2.20. The van der Waals surface area contributed by atoms with E-state index in [0.29, 0.717) is 16.1 Å². The number of hydrogen-bond acceptors (Lipinski definition) is 2. The van der Waals surface area contributed by atoms with Crippen molar-refractivity contribution in [2.45, 2.75) is 26.2 Å². The van der Waals surface area contributed by atoms with Gasteiger partial charge in [0.2, 0.25) is 0 Å². The van der Waals surface area contributed by atoms with Gasteiger partial charge in [-0.05, 0) is 46.9 Å². The molecule has 2 amide bonds. The molecule has 0 aliphatic carbocycles. The van der Waals surface area contributed by atoms with Gasteiger partial charge in [-0.15, -0.1) is 0 Å². The molecular formula is C20H21ClN2O2. The van der Waals surface area contributed by atoms with Crippen LogP contribution < -0.4 is 11.1 Å². The second-order valence-electron chi connectivity index (χ2n) is 6.76. The Morgan fingerprint density at radius 2 is 1.56 bits per heavy atom. The number of benzene rings is 2. The van der Waals surface area contributed by atoms with Crippen molar-refractivity contribution in [3.05, 3.63) is 75.9 Å². The van der Waals surface area contributed by atoms with Gasteiger partial charge in [-0.25, -0.2) is 0 Å². The molecule has 2 aromatic carbocycles. The van der Waals surface area contributed by atoms with Gasteiger partial charge < -0.3 is 11.1 Å². The highest BCUT2D eigenvalue weighted by atomic mass is 35.5. The first-order valence-electron chi connectivity index (χ1n) is 7.86. The van der Waals surface area contributed by atoms with E-state index in [2.05, 4.69) is 26.1 Å². The second kappa shape index (κ2) is 7.53. The smallest absolute Gasteiger partial charge is 0.265 e. The Morgan fingerprint density at radius 3 is 2.04 bits per heavy atom. The Morgan fingerprint density at radius 1 is 1.00 bits per heavy atom. The average Bonchev–Trinajstić information content (AvgIpc) is 2.55. The Hall–Kier alpha value is -2.59. The first kappa shape index (κ1) is 18.7. The first-order chi connectivity index (χ1) is 11.7. The van der Waals surface area contributed by atoms with E-state index in [1.807, 2.05) is 12.1 Å². The van der Waals surface area contributed by atoms with Crippen molar-refractivity contribution < 1.29 is 9.59 Å². The lowest BCUT2D eigenvalue weighted by Crippen LogP contribution is -2.31. The molecule has 0 bridgehead atoms. The van der Waals surface area contributed by atoms with Crippen molar-refractivity contribution in [1.82, 2.24) is 5.32 Å². The normalized spacial score (nSPS) is 11.9. The predicted molar refractivity (Wildman–Crippen MR) is 101 cm³/mol. The molecular weight excluding hydrogens is 336 g/mol. The van der Waals surface area contributed by atoms with Gasteiger partial charge in [-0.2, -0.15) is 0 Å². The van der Waals surface area contributed by atoms with Gasteiger partial charge in [0.1, 0.15) is 5.70 Å². The van der Waals surface area contributed by atoms with Gasteiger partial charge >= 0.3 is 0 Å². The molecule has 0 unspecified atom stereocenters. The maximum atomic E-state index is 12.4. The molecule has 2 rings (SSSR count). The van der Waals surface area contributed by atoms with E-state index in [4.69, 9.17) is 17.3 Å². The lowest BCUT2D eigenvalue weighted by atomic mass is 9.87. The third kappa shape index (κ3) is 5.19. The Kier molecular flexibility index (Phi) is 5.65. The lowest BCUT2D eigenvalue weighted by Gasteiger charge is -2.19. The third-order valence-corrected chi connectivity index (χ3v) is 3.96. The fraction of sp³-hybridized carbons (Fsp3) is 0.200. The first-order valence-corrected chi connectivity index (χ1v) is 8.23. The topological polar surface area (TPSA) is 72.2 Å². The summed E-state index contributed by atoms with van der Waals surface area (Å²) in [6.07, 6.45) is 1.51. The standard InChI is InChI=1S/C20H21ClN2O2/c1-20(2,3)15-8-6-14(7-9-15)19(25)23-17(18(22)24)12-13-4-10-16(21)11-5-13/h4-12H,1-3H3,(H2,22,24)(H,23,25). The number of primary amides is 1. The number of halogens is 1. The number of rotatable bonds is 4. The van der Waals surface area contributed by atoms with Gasteiger partial charge in [0.05, 0.1) is 0 Å². The van der Waals surface area contributed by atoms with Crippen molar-refractivity contribution in [2.24, 2.45) is 5.73 Å². The molecule has 0 saturated heterocycles. The molecule has 0 aliphatic rings. The van der Waals surface area contributed by atoms with E-state index in [1.54, 1.807) is 36.4 Å². The highest BCUT2D eigenvalue weighted by Crippen LogP contribution is 2.22. The summed E-state index contributed by atoms with van der Waals surface area (Å²) in [6.45, 7) is 6.30. The van der Waals surface area contributed by atoms with E-state index in [-0.39, 0.29) is 17.0 Å². The molecule has 0 aromatic heterocycles. The Labute approximate surface area is 152 Å². The monoisotopic (exact) mass is 356 g/mol. The summed E-state index contributed by atoms with van der Waals surface area (Å²) in [5.74, 6) is -1.10. The summed E-state index contributed by atoms with van der Waals surface area (Å²) in [4.78, 5) is 24.0. The minimum absolute atomic E-state index is 0.00186. The minimum Gasteiger partial charge on any atom is -0.364 e. The Bertz CT molecular complexity index is 801. The molecule has 4 nitrogen and oxygen atoms in total. The van der Waals surface area contributed by atoms with Crippen LogP contribution in [0.3, 0.4) is 0 Å². The quantitative estimate of drug-likeness (QED) is 0.815. The van der Waals surface area contributed by atoms with Crippen LogP contribution in [0.1, 0.15) is 42.3 Å². The summed E-state index contributed by atoms with van der Waals surface area (Å²) in [7, 11) is 0. The number of amides is 2. The fourth-order valence-corrected chi connectivity index (χ4v) is 2.34. The highest BCUT2D eigenvalue weighted by Gasteiger charge is 2.15. The van der Waals surface area contributed by atoms with E-state index in [9.17, 15) is 9.59 Å². The van der Waals surface area contributed by atoms with Crippen LogP contribution in [-0.4, -0.2) is 11.8 Å². The molecule has 25 heavy (non-hydrogen) atoms. The van der Waals surface area contributed by atoms with E-state index < -0.39 is 5.91 Å². The molecule has 3 N–H and O–H groups in total. The number of carbonyl (C=O) groups is 2. The maximum Gasteiger partial charge on any atom is 0.265 e. The molecule has 130 valence electrons. The van der Waals surface area contributed by atoms with Crippen LogP contribution in [0, 0.1) is 0 Å². The number of nitrogens with two attached hydrogens (primary N) is 1. The van der Waals surface area contributed by atoms with Gasteiger partial charge in [0.15, 0.2) is 0 Å². The third-order valence-electron chi connectivity index (χ3n) is 3.71. The van der Waals surface area contributed by atoms with Crippen LogP contribution >= 0.6 is 11.6 Å². The molecule has 2 aromatic rings. The largest absolute Gasteiger partial charge is 0.364 e. The number of nitrogens with one attached hydrogen (secondary N) is 1. The minimum atomic E-state index is -0.713. The molecule has 0 aliphatic heterocycles. The van der Waals surface area contributed by atoms with Crippen LogP contribution in [0.5, 0.6) is 0 Å². The molecule has 5 heteroatoms. The summed E-state index contributed by atoms with van der Waals surface area (Å²) >= 11 is 5.84. The fourth-order valence-electron chi connectivity index (χ4n) is 2.21. The van der Waals surface area contributed by atoms with E-state index >= 15 is 0 Å². The SMILES string of the molecule is CC(C)(C)c1ccc(C(=O)NC(=Cc2ccc(Cl)cc2)C(N)=O)cc1. The van der Waals surface area contributed by atoms with Gasteiger partial charge in [0, 0.05) is 10.6 Å². The van der Waals surface area contributed by atoms with Gasteiger partial charge in [0.25, 0.3) is 11.8 Å². The number of carbonyl (C=O) groups excluding carboxylic acids is 2. The van der Waals surface area contributed by atoms with Crippen LogP contribution in [0.4, 0.5) is 0 Å². The lowest BCUT2D eigenvalue weighted by molar-refractivity contribution is -0.114. The highest BCUT2D eigenvalue weighted by molar-refractivity contribution is 6.30. The van der Waals surface area contributed by atoms with Crippen molar-refractivity contribution in [3.8, 4) is 0 Å². The van der Waals surface area contributed by atoms with Crippen molar-refractivity contribution in [1.29, 1.82) is 0 Å². The van der Waals surface area contributed by atoms with Crippen LogP contribution in [0.2, 0.25) is 5.02 Å². The van der Waals surface area contributed by atoms with Crippen molar-refractivity contribution in [2.75, 3.05) is 0 Å². The zero-order chi connectivity index (χ0) is 18.6. The van der Waals surface area contributed by atoms with Crippen molar-refractivity contribution >= 4 is 29.5 Å². The summed E-state index contributed by atoms with van der Waals surface area (Å²) < 4.78 is 0. The van der Waals surface area contributed by atoms with Crippen LogP contribution in [-0.2, 0) is 10.2 Å². The number of hydrogen-bond donors (Lipinski definition) is 2. The van der Waals surface area contributed by atoms with Crippen LogP contribution in [0.15, 0.2) is 54.2 Å². The van der Waals surface area contributed by atoms with Gasteiger partial charge in [-0.1, -0.05) is 56.6 Å². The summed E-state index contributed by atoms with van der Waals surface area (Å²) in [5, 5.41) is 3.15.